The number of piperidine rings is 1. The van der Waals surface area contributed by atoms with Gasteiger partial charge in [0.05, 0.1) is 28.1 Å². The van der Waals surface area contributed by atoms with Gasteiger partial charge in [0.1, 0.15) is 0 Å². The van der Waals surface area contributed by atoms with Gasteiger partial charge in [-0.3, -0.25) is 24.6 Å². The highest BCUT2D eigenvalue weighted by Crippen LogP contribution is 2.26. The highest BCUT2D eigenvalue weighted by Gasteiger charge is 2.29. The lowest BCUT2D eigenvalue weighted by atomic mass is 9.96. The molecule has 0 bridgehead atoms. The zero-order valence-electron chi connectivity index (χ0n) is 14.1. The number of aliphatic carboxylic acids is 1. The minimum absolute atomic E-state index is 0. The average Bonchev–Trinajstić information content (AvgIpc) is 2.55. The van der Waals surface area contributed by atoms with Crippen molar-refractivity contribution in [1.29, 1.82) is 0 Å². The summed E-state index contributed by atoms with van der Waals surface area (Å²) in [6.45, 7) is 4.43. The number of hydrogen-bond donors (Lipinski definition) is 2. The maximum absolute atomic E-state index is 12.4. The number of nitrogens with one attached hydrogen (secondary N) is 1. The lowest BCUT2D eigenvalue weighted by molar-refractivity contribution is -0.385. The third kappa shape index (κ3) is 4.90. The maximum Gasteiger partial charge on any atom is 0.306 e. The maximum atomic E-state index is 12.4. The van der Waals surface area contributed by atoms with Gasteiger partial charge < -0.3 is 10.4 Å². The molecule has 1 aliphatic rings. The van der Waals surface area contributed by atoms with Gasteiger partial charge in [-0.15, -0.1) is 12.4 Å². The molecular weight excluding hydrogens is 350 g/mol. The molecule has 1 atom stereocenters. The first-order valence-corrected chi connectivity index (χ1v) is 7.83. The number of amides is 1. The van der Waals surface area contributed by atoms with Crippen LogP contribution in [0.15, 0.2) is 18.2 Å². The van der Waals surface area contributed by atoms with E-state index in [1.807, 2.05) is 4.90 Å². The van der Waals surface area contributed by atoms with E-state index in [2.05, 4.69) is 5.32 Å². The Kier molecular flexibility index (Phi) is 7.32. The van der Waals surface area contributed by atoms with Crippen molar-refractivity contribution in [2.75, 3.05) is 18.4 Å². The number of rotatable bonds is 5. The normalized spacial score (nSPS) is 16.6. The minimum Gasteiger partial charge on any atom is -0.481 e. The van der Waals surface area contributed by atoms with Gasteiger partial charge in [-0.1, -0.05) is 6.07 Å². The van der Waals surface area contributed by atoms with Gasteiger partial charge in [-0.05, 0) is 45.8 Å². The Morgan fingerprint density at radius 1 is 1.36 bits per heavy atom. The number of carbonyl (C=O) groups is 2. The first kappa shape index (κ1) is 20.9. The van der Waals surface area contributed by atoms with Crippen LogP contribution in [0.5, 0.6) is 0 Å². The molecule has 1 heterocycles. The molecule has 25 heavy (non-hydrogen) atoms. The largest absolute Gasteiger partial charge is 0.481 e. The van der Waals surface area contributed by atoms with Crippen molar-refractivity contribution in [2.45, 2.75) is 32.7 Å². The fourth-order valence-corrected chi connectivity index (χ4v) is 2.89. The monoisotopic (exact) mass is 371 g/mol. The first-order valence-electron chi connectivity index (χ1n) is 7.83. The van der Waals surface area contributed by atoms with Crippen LogP contribution in [-0.2, 0) is 9.59 Å². The van der Waals surface area contributed by atoms with Crippen molar-refractivity contribution in [3.63, 3.8) is 0 Å². The highest BCUT2D eigenvalue weighted by atomic mass is 35.5. The number of nitrogens with zero attached hydrogens (tertiary/aromatic N) is 2. The summed E-state index contributed by atoms with van der Waals surface area (Å²) >= 11 is 0. The SMILES string of the molecule is Cc1c(NC(=O)C(C)N2CCC(C(=O)O)CC2)cccc1[N+](=O)[O-].Cl. The topological polar surface area (TPSA) is 113 Å². The minimum atomic E-state index is -0.793. The Hall–Kier alpha value is -2.19. The number of carboxylic acids is 1. The van der Waals surface area contributed by atoms with Gasteiger partial charge in [0.2, 0.25) is 5.91 Å². The number of nitro benzene ring substituents is 1. The van der Waals surface area contributed by atoms with E-state index in [0.29, 0.717) is 37.2 Å². The van der Waals surface area contributed by atoms with E-state index < -0.39 is 16.9 Å². The van der Waals surface area contributed by atoms with Crippen molar-refractivity contribution in [2.24, 2.45) is 5.92 Å². The van der Waals surface area contributed by atoms with E-state index in [1.54, 1.807) is 19.9 Å². The van der Waals surface area contributed by atoms with Gasteiger partial charge in [0.25, 0.3) is 5.69 Å². The number of anilines is 1. The number of halogens is 1. The molecule has 2 rings (SSSR count). The molecule has 0 aliphatic carbocycles. The molecule has 1 aromatic rings. The fraction of sp³-hybridized carbons (Fsp3) is 0.500. The standard InChI is InChI=1S/C16H21N3O5.ClH/c1-10-13(4-3-5-14(10)19(23)24)17-15(20)11(2)18-8-6-12(7-9-18)16(21)22;/h3-5,11-12H,6-9H2,1-2H3,(H,17,20)(H,21,22);1H. The molecular formula is C16H22ClN3O5. The smallest absolute Gasteiger partial charge is 0.306 e. The summed E-state index contributed by atoms with van der Waals surface area (Å²) in [6, 6.07) is 4.12. The van der Waals surface area contributed by atoms with Crippen LogP contribution in [0.25, 0.3) is 0 Å². The molecule has 1 saturated heterocycles. The summed E-state index contributed by atoms with van der Waals surface area (Å²) in [7, 11) is 0. The highest BCUT2D eigenvalue weighted by molar-refractivity contribution is 5.95. The summed E-state index contributed by atoms with van der Waals surface area (Å²) in [4.78, 5) is 35.8. The Morgan fingerprint density at radius 2 is 1.96 bits per heavy atom. The number of hydrogen-bond acceptors (Lipinski definition) is 5. The fourth-order valence-electron chi connectivity index (χ4n) is 2.89. The van der Waals surface area contributed by atoms with Crippen LogP contribution in [0.3, 0.4) is 0 Å². The Morgan fingerprint density at radius 3 is 2.48 bits per heavy atom. The summed E-state index contributed by atoms with van der Waals surface area (Å²) in [5.74, 6) is -1.40. The van der Waals surface area contributed by atoms with Crippen molar-refractivity contribution < 1.29 is 19.6 Å². The molecule has 1 amide bonds. The third-order valence-electron chi connectivity index (χ3n) is 4.57. The molecule has 0 spiro atoms. The van der Waals surface area contributed by atoms with Gasteiger partial charge in [-0.25, -0.2) is 0 Å². The van der Waals surface area contributed by atoms with Gasteiger partial charge in [-0.2, -0.15) is 0 Å². The summed E-state index contributed by atoms with van der Waals surface area (Å²) in [6.07, 6.45) is 1.03. The molecule has 0 aromatic heterocycles. The molecule has 1 aliphatic heterocycles. The second kappa shape index (κ2) is 8.77. The van der Waals surface area contributed by atoms with Crippen LogP contribution in [0.2, 0.25) is 0 Å². The van der Waals surface area contributed by atoms with Gasteiger partial charge >= 0.3 is 5.97 Å². The quantitative estimate of drug-likeness (QED) is 0.607. The summed E-state index contributed by atoms with van der Waals surface area (Å²) < 4.78 is 0. The molecule has 1 fully saturated rings. The van der Waals surface area contributed by atoms with Crippen LogP contribution in [0.1, 0.15) is 25.3 Å². The number of carbonyl (C=O) groups excluding carboxylic acids is 1. The number of benzene rings is 1. The van der Waals surface area contributed by atoms with Crippen LogP contribution in [-0.4, -0.2) is 45.9 Å². The second-order valence-corrected chi connectivity index (χ2v) is 6.02. The molecule has 1 aromatic carbocycles. The molecule has 0 saturated carbocycles. The number of likely N-dealkylation sites (tertiary alicyclic amines) is 1. The Balaban J connectivity index is 0.00000312. The van der Waals surface area contributed by atoms with Crippen LogP contribution >= 0.6 is 12.4 Å². The van der Waals surface area contributed by atoms with E-state index in [-0.39, 0.29) is 29.9 Å². The van der Waals surface area contributed by atoms with Crippen molar-refractivity contribution in [3.8, 4) is 0 Å². The summed E-state index contributed by atoms with van der Waals surface area (Å²) in [5, 5.41) is 22.7. The third-order valence-corrected chi connectivity index (χ3v) is 4.57. The van der Waals surface area contributed by atoms with Crippen LogP contribution in [0.4, 0.5) is 11.4 Å². The lowest BCUT2D eigenvalue weighted by Gasteiger charge is -2.33. The van der Waals surface area contributed by atoms with E-state index >= 15 is 0 Å². The van der Waals surface area contributed by atoms with Gasteiger partial charge in [0, 0.05) is 6.07 Å². The second-order valence-electron chi connectivity index (χ2n) is 6.02. The van der Waals surface area contributed by atoms with Gasteiger partial charge in [0.15, 0.2) is 0 Å². The predicted molar refractivity (Wildman–Crippen MR) is 95.1 cm³/mol. The molecule has 138 valence electrons. The molecule has 9 heteroatoms. The lowest BCUT2D eigenvalue weighted by Crippen LogP contribution is -2.47. The van der Waals surface area contributed by atoms with Crippen LogP contribution in [0, 0.1) is 23.0 Å². The zero-order chi connectivity index (χ0) is 17.9. The van der Waals surface area contributed by atoms with E-state index in [4.69, 9.17) is 5.11 Å². The van der Waals surface area contributed by atoms with E-state index in [9.17, 15) is 19.7 Å². The van der Waals surface area contributed by atoms with E-state index in [0.717, 1.165) is 0 Å². The van der Waals surface area contributed by atoms with Crippen molar-refractivity contribution in [3.05, 3.63) is 33.9 Å². The van der Waals surface area contributed by atoms with Crippen LogP contribution < -0.4 is 5.32 Å². The number of nitro groups is 1. The average molecular weight is 372 g/mol. The Labute approximate surface area is 151 Å². The zero-order valence-corrected chi connectivity index (χ0v) is 14.9. The predicted octanol–water partition coefficient (Wildman–Crippen LogP) is 2.45. The Bertz CT molecular complexity index is 659. The first-order chi connectivity index (χ1) is 11.3. The van der Waals surface area contributed by atoms with E-state index in [1.165, 1.54) is 12.1 Å². The summed E-state index contributed by atoms with van der Waals surface area (Å²) in [5.41, 5.74) is 0.789. The molecule has 2 N–H and O–H groups in total. The van der Waals surface area contributed by atoms with Crippen molar-refractivity contribution >= 4 is 35.7 Å². The number of carboxylic acid groups (broad SMARTS) is 1. The molecule has 0 radical (unpaired) electrons. The van der Waals surface area contributed by atoms with Crippen molar-refractivity contribution in [1.82, 2.24) is 4.90 Å². The molecule has 1 unspecified atom stereocenters. The molecule has 8 nitrogen and oxygen atoms in total.